The standard InChI is InChI=1S/C14H19N5O4/c1-7(2)3-15-12-9-13(17-5-16-12)19(6-18-9)14-11(22)10(21)8(4-20)23-14/h5-6,8,10-11,14,20-22H,1,3-4H2,2H3,(H,15,16,17)/t8-,10-,11-,14?/m1/s1. The number of hydrogen-bond acceptors (Lipinski definition) is 8. The van der Waals surface area contributed by atoms with Crippen molar-refractivity contribution in [3.05, 3.63) is 24.8 Å². The molecule has 0 saturated carbocycles. The topological polar surface area (TPSA) is 126 Å². The van der Waals surface area contributed by atoms with E-state index in [0.717, 1.165) is 5.57 Å². The van der Waals surface area contributed by atoms with Crippen LogP contribution in [0.3, 0.4) is 0 Å². The molecule has 3 heterocycles. The summed E-state index contributed by atoms with van der Waals surface area (Å²) in [5.41, 5.74) is 1.92. The quantitative estimate of drug-likeness (QED) is 0.539. The summed E-state index contributed by atoms with van der Waals surface area (Å²) >= 11 is 0. The van der Waals surface area contributed by atoms with Crippen LogP contribution < -0.4 is 5.32 Å². The van der Waals surface area contributed by atoms with Gasteiger partial charge in [-0.15, -0.1) is 0 Å². The first-order valence-corrected chi connectivity index (χ1v) is 7.21. The van der Waals surface area contributed by atoms with Gasteiger partial charge in [0.15, 0.2) is 23.2 Å². The van der Waals surface area contributed by atoms with E-state index >= 15 is 0 Å². The van der Waals surface area contributed by atoms with Crippen LogP contribution in [0.25, 0.3) is 11.2 Å². The maximum Gasteiger partial charge on any atom is 0.167 e. The van der Waals surface area contributed by atoms with Gasteiger partial charge in [0.2, 0.25) is 0 Å². The highest BCUT2D eigenvalue weighted by Gasteiger charge is 2.43. The molecule has 0 aromatic carbocycles. The maximum absolute atomic E-state index is 10.1. The predicted octanol–water partition coefficient (Wildman–Crippen LogP) is -0.574. The minimum atomic E-state index is -1.19. The van der Waals surface area contributed by atoms with Crippen molar-refractivity contribution in [3.63, 3.8) is 0 Å². The molecule has 124 valence electrons. The monoisotopic (exact) mass is 321 g/mol. The molecule has 1 saturated heterocycles. The third kappa shape index (κ3) is 2.79. The fraction of sp³-hybridized carbons (Fsp3) is 0.500. The van der Waals surface area contributed by atoms with Crippen molar-refractivity contribution in [2.75, 3.05) is 18.5 Å². The molecule has 2 aromatic rings. The van der Waals surface area contributed by atoms with Crippen LogP contribution in [0.15, 0.2) is 24.8 Å². The van der Waals surface area contributed by atoms with Gasteiger partial charge in [-0.25, -0.2) is 15.0 Å². The fourth-order valence-electron chi connectivity index (χ4n) is 2.51. The zero-order valence-corrected chi connectivity index (χ0v) is 12.6. The molecule has 1 fully saturated rings. The SMILES string of the molecule is C=C(C)CNc1ncnc2c1ncn2C1O[C@H](CO)[C@@H](O)[C@H]1O. The highest BCUT2D eigenvalue weighted by molar-refractivity contribution is 5.82. The molecule has 1 unspecified atom stereocenters. The molecule has 0 bridgehead atoms. The molecule has 1 aliphatic heterocycles. The summed E-state index contributed by atoms with van der Waals surface area (Å²) in [6.45, 7) is 5.87. The lowest BCUT2D eigenvalue weighted by atomic mass is 10.1. The highest BCUT2D eigenvalue weighted by Crippen LogP contribution is 2.31. The third-order valence-electron chi connectivity index (χ3n) is 3.71. The van der Waals surface area contributed by atoms with Crippen LogP contribution in [0.5, 0.6) is 0 Å². The molecule has 3 rings (SSSR count). The number of nitrogens with zero attached hydrogens (tertiary/aromatic N) is 4. The van der Waals surface area contributed by atoms with Gasteiger partial charge in [-0.05, 0) is 6.92 Å². The van der Waals surface area contributed by atoms with E-state index < -0.39 is 24.5 Å². The molecule has 4 N–H and O–H groups in total. The smallest absolute Gasteiger partial charge is 0.167 e. The van der Waals surface area contributed by atoms with Crippen molar-refractivity contribution in [1.29, 1.82) is 0 Å². The number of aliphatic hydroxyl groups is 3. The number of imidazole rings is 1. The molecule has 0 radical (unpaired) electrons. The zero-order valence-electron chi connectivity index (χ0n) is 12.6. The average molecular weight is 321 g/mol. The summed E-state index contributed by atoms with van der Waals surface area (Å²) in [6, 6.07) is 0. The molecule has 1 aliphatic rings. The Morgan fingerprint density at radius 2 is 2.13 bits per heavy atom. The van der Waals surface area contributed by atoms with Gasteiger partial charge in [0.05, 0.1) is 12.9 Å². The number of nitrogens with one attached hydrogen (secondary N) is 1. The highest BCUT2D eigenvalue weighted by atomic mass is 16.6. The Labute approximate surface area is 132 Å². The minimum absolute atomic E-state index is 0.387. The lowest BCUT2D eigenvalue weighted by Gasteiger charge is -2.16. The summed E-state index contributed by atoms with van der Waals surface area (Å²) in [7, 11) is 0. The lowest BCUT2D eigenvalue weighted by Crippen LogP contribution is -2.33. The van der Waals surface area contributed by atoms with Crippen LogP contribution in [0, 0.1) is 0 Å². The third-order valence-corrected chi connectivity index (χ3v) is 3.71. The molecule has 9 heteroatoms. The van der Waals surface area contributed by atoms with Crippen molar-refractivity contribution < 1.29 is 20.1 Å². The summed E-state index contributed by atoms with van der Waals surface area (Å²) in [5.74, 6) is 0.545. The number of fused-ring (bicyclic) bond motifs is 1. The van der Waals surface area contributed by atoms with E-state index in [4.69, 9.17) is 4.74 Å². The molecule has 0 spiro atoms. The van der Waals surface area contributed by atoms with Crippen LogP contribution >= 0.6 is 0 Å². The van der Waals surface area contributed by atoms with Gasteiger partial charge >= 0.3 is 0 Å². The van der Waals surface area contributed by atoms with Gasteiger partial charge in [-0.2, -0.15) is 0 Å². The van der Waals surface area contributed by atoms with Crippen LogP contribution in [-0.4, -0.2) is 66.3 Å². The fourth-order valence-corrected chi connectivity index (χ4v) is 2.51. The van der Waals surface area contributed by atoms with Crippen molar-refractivity contribution in [3.8, 4) is 0 Å². The lowest BCUT2D eigenvalue weighted by molar-refractivity contribution is -0.0511. The number of hydrogen-bond donors (Lipinski definition) is 4. The molecule has 23 heavy (non-hydrogen) atoms. The number of anilines is 1. The Kier molecular flexibility index (Phi) is 4.26. The maximum atomic E-state index is 10.1. The number of ether oxygens (including phenoxy) is 1. The summed E-state index contributed by atoms with van der Waals surface area (Å²) < 4.78 is 7.02. The first-order valence-electron chi connectivity index (χ1n) is 7.21. The van der Waals surface area contributed by atoms with Gasteiger partial charge in [0.1, 0.15) is 24.6 Å². The molecule has 2 aromatic heterocycles. The summed E-state index contributed by atoms with van der Waals surface area (Å²) in [6.07, 6.45) is -1.25. The van der Waals surface area contributed by atoms with E-state index in [2.05, 4.69) is 26.8 Å². The van der Waals surface area contributed by atoms with Gasteiger partial charge in [0.25, 0.3) is 0 Å². The van der Waals surface area contributed by atoms with Crippen LogP contribution in [0.4, 0.5) is 5.82 Å². The number of aliphatic hydroxyl groups excluding tert-OH is 3. The van der Waals surface area contributed by atoms with E-state index in [1.165, 1.54) is 17.2 Å². The van der Waals surface area contributed by atoms with Crippen molar-refractivity contribution in [1.82, 2.24) is 19.5 Å². The van der Waals surface area contributed by atoms with Crippen molar-refractivity contribution in [2.45, 2.75) is 31.5 Å². The van der Waals surface area contributed by atoms with Gasteiger partial charge in [0, 0.05) is 6.54 Å². The average Bonchev–Trinajstić information content (AvgIpc) is 3.08. The van der Waals surface area contributed by atoms with E-state index in [1.54, 1.807) is 0 Å². The summed E-state index contributed by atoms with van der Waals surface area (Å²) in [4.78, 5) is 12.6. The first-order chi connectivity index (χ1) is 11.0. The Morgan fingerprint density at radius 3 is 2.78 bits per heavy atom. The number of rotatable bonds is 5. The Hall–Kier alpha value is -2.07. The normalized spacial score (nSPS) is 27.5. The largest absolute Gasteiger partial charge is 0.394 e. The van der Waals surface area contributed by atoms with Crippen LogP contribution in [-0.2, 0) is 4.74 Å². The Morgan fingerprint density at radius 1 is 1.35 bits per heavy atom. The van der Waals surface area contributed by atoms with Crippen molar-refractivity contribution >= 4 is 17.0 Å². The molecule has 4 atom stereocenters. The Bertz CT molecular complexity index is 718. The van der Waals surface area contributed by atoms with Gasteiger partial charge in [-0.3, -0.25) is 4.57 Å². The van der Waals surface area contributed by atoms with Crippen LogP contribution in [0.1, 0.15) is 13.2 Å². The van der Waals surface area contributed by atoms with Gasteiger partial charge in [-0.1, -0.05) is 12.2 Å². The first kappa shape index (κ1) is 15.8. The second-order valence-electron chi connectivity index (χ2n) is 5.59. The Balaban J connectivity index is 1.94. The van der Waals surface area contributed by atoms with E-state index in [9.17, 15) is 15.3 Å². The van der Waals surface area contributed by atoms with Gasteiger partial charge < -0.3 is 25.4 Å². The second-order valence-corrected chi connectivity index (χ2v) is 5.59. The zero-order chi connectivity index (χ0) is 16.6. The molecule has 0 aliphatic carbocycles. The van der Waals surface area contributed by atoms with E-state index in [0.29, 0.717) is 23.5 Å². The molecular formula is C14H19N5O4. The van der Waals surface area contributed by atoms with E-state index in [-0.39, 0.29) is 6.61 Å². The number of aromatic nitrogens is 4. The minimum Gasteiger partial charge on any atom is -0.394 e. The van der Waals surface area contributed by atoms with E-state index in [1.807, 2.05) is 6.92 Å². The molecule has 0 amide bonds. The van der Waals surface area contributed by atoms with Crippen LogP contribution in [0.2, 0.25) is 0 Å². The van der Waals surface area contributed by atoms with Crippen molar-refractivity contribution in [2.24, 2.45) is 0 Å². The molecular weight excluding hydrogens is 302 g/mol. The summed E-state index contributed by atoms with van der Waals surface area (Å²) in [5, 5.41) is 32.3. The molecule has 9 nitrogen and oxygen atoms in total. The predicted molar refractivity (Wildman–Crippen MR) is 81.6 cm³/mol. The second kappa shape index (κ2) is 6.20.